The van der Waals surface area contributed by atoms with E-state index in [1.807, 2.05) is 67.3 Å². The maximum absolute atomic E-state index is 12.0. The highest BCUT2D eigenvalue weighted by atomic mass is 32.2. The fourth-order valence-electron chi connectivity index (χ4n) is 3.72. The van der Waals surface area contributed by atoms with Crippen LogP contribution < -0.4 is 9.80 Å². The fourth-order valence-corrected chi connectivity index (χ4v) is 4.58. The minimum Gasteiger partial charge on any atom is -0.311 e. The van der Waals surface area contributed by atoms with Gasteiger partial charge in [-0.2, -0.15) is 21.0 Å². The number of hydrogen-bond acceptors (Lipinski definition) is 6. The molecule has 7 nitrogen and oxygen atoms in total. The summed E-state index contributed by atoms with van der Waals surface area (Å²) in [6, 6.07) is 15.5. The minimum absolute atomic E-state index is 0.115. The highest BCUT2D eigenvalue weighted by Gasteiger charge is 2.35. The number of anilines is 2. The van der Waals surface area contributed by atoms with E-state index in [-0.39, 0.29) is 17.1 Å². The zero-order valence-electron chi connectivity index (χ0n) is 18.4. The Hall–Kier alpha value is -2.36. The molecule has 2 unspecified atom stereocenters. The Kier molecular flexibility index (Phi) is 7.63. The Balaban J connectivity index is 0.000000186. The molecule has 32 heavy (non-hydrogen) atoms. The second-order valence-electron chi connectivity index (χ2n) is 8.04. The number of rotatable bonds is 4. The summed E-state index contributed by atoms with van der Waals surface area (Å²) >= 11 is 4.23. The second-order valence-corrected chi connectivity index (χ2v) is 10.3. The number of carbonyl (C=O) groups is 2. The van der Waals surface area contributed by atoms with E-state index in [1.165, 1.54) is 5.56 Å². The van der Waals surface area contributed by atoms with Gasteiger partial charge >= 0.3 is 0 Å². The van der Waals surface area contributed by atoms with Crippen molar-refractivity contribution in [2.45, 2.75) is 38.0 Å². The Morgan fingerprint density at radius 3 is 1.81 bits per heavy atom. The molecule has 2 aliphatic heterocycles. The molecule has 0 N–H and O–H groups in total. The number of hydrogen-bond donors (Lipinski definition) is 1. The summed E-state index contributed by atoms with van der Waals surface area (Å²) in [4.78, 5) is 27.1. The molecule has 0 aromatic heterocycles. The van der Waals surface area contributed by atoms with Crippen LogP contribution in [0.25, 0.3) is 0 Å². The zero-order chi connectivity index (χ0) is 23.5. The highest BCUT2D eigenvalue weighted by molar-refractivity contribution is 7.86. The van der Waals surface area contributed by atoms with Gasteiger partial charge in [0.1, 0.15) is 0 Å². The summed E-state index contributed by atoms with van der Waals surface area (Å²) in [6.07, 6.45) is 1.30. The van der Waals surface area contributed by atoms with Gasteiger partial charge in [0.15, 0.2) is 6.10 Å². The molecule has 2 fully saturated rings. The van der Waals surface area contributed by atoms with Crippen LogP contribution in [0.2, 0.25) is 0 Å². The predicted octanol–water partition coefficient (Wildman–Crippen LogP) is 3.11. The number of benzene rings is 2. The largest absolute Gasteiger partial charge is 0.311 e. The molecular weight excluding hydrogens is 448 g/mol. The molecule has 2 amide bonds. The van der Waals surface area contributed by atoms with Gasteiger partial charge in [0, 0.05) is 30.9 Å². The Morgan fingerprint density at radius 1 is 0.875 bits per heavy atom. The summed E-state index contributed by atoms with van der Waals surface area (Å²) in [7, 11) is -3.60. The lowest BCUT2D eigenvalue weighted by atomic mass is 10.2. The van der Waals surface area contributed by atoms with E-state index in [9.17, 15) is 18.0 Å². The van der Waals surface area contributed by atoms with Gasteiger partial charge in [-0.3, -0.25) is 13.8 Å². The summed E-state index contributed by atoms with van der Waals surface area (Å²) in [5.74, 6) is -0.176. The maximum atomic E-state index is 12.0. The standard InChI is InChI=1S/C12H15NO4S.C11H13NOS/c1-9-4-3-5-10(8-9)13-7-6-11(12(13)14)17-18(2,15)16;1-8-3-2-4-9(7-8)12-6-5-10(14)11(12)13/h3-5,8,11H,6-7H2,1-2H3;2-4,7,10,14H,5-6H2,1H3. The average molecular weight is 477 g/mol. The SMILES string of the molecule is Cc1cccc(N2CCC(OS(C)(=O)=O)C2=O)c1.Cc1cccc(N2CCC(S)C2=O)c1. The first-order valence-electron chi connectivity index (χ1n) is 10.4. The molecule has 2 heterocycles. The van der Waals surface area contributed by atoms with Crippen LogP contribution in [0.15, 0.2) is 48.5 Å². The summed E-state index contributed by atoms with van der Waals surface area (Å²) in [5.41, 5.74) is 4.00. The fraction of sp³-hybridized carbons (Fsp3) is 0.391. The molecular formula is C23H28N2O5S2. The summed E-state index contributed by atoms with van der Waals surface area (Å²) in [5, 5.41) is -0.115. The Bertz CT molecular complexity index is 1100. The number of carbonyl (C=O) groups excluding carboxylic acids is 2. The van der Waals surface area contributed by atoms with E-state index in [0.717, 1.165) is 36.2 Å². The van der Waals surface area contributed by atoms with Gasteiger partial charge < -0.3 is 9.80 Å². The number of nitrogens with zero attached hydrogens (tertiary/aromatic N) is 2. The molecule has 2 aromatic carbocycles. The molecule has 172 valence electrons. The maximum Gasteiger partial charge on any atom is 0.265 e. The number of thiol groups is 1. The summed E-state index contributed by atoms with van der Waals surface area (Å²) in [6.45, 7) is 5.23. The average Bonchev–Trinajstić information content (AvgIpc) is 3.23. The highest BCUT2D eigenvalue weighted by Crippen LogP contribution is 2.25. The van der Waals surface area contributed by atoms with E-state index >= 15 is 0 Å². The third kappa shape index (κ3) is 6.11. The van der Waals surface area contributed by atoms with Crippen molar-refractivity contribution in [2.24, 2.45) is 0 Å². The lowest BCUT2D eigenvalue weighted by Gasteiger charge is -2.16. The van der Waals surface area contributed by atoms with Gasteiger partial charge in [-0.15, -0.1) is 0 Å². The third-order valence-corrected chi connectivity index (χ3v) is 6.31. The van der Waals surface area contributed by atoms with Crippen LogP contribution in [0.3, 0.4) is 0 Å². The first kappa shape index (κ1) is 24.3. The van der Waals surface area contributed by atoms with Crippen molar-refractivity contribution in [3.63, 3.8) is 0 Å². The monoisotopic (exact) mass is 476 g/mol. The van der Waals surface area contributed by atoms with Crippen molar-refractivity contribution >= 4 is 45.9 Å². The van der Waals surface area contributed by atoms with E-state index < -0.39 is 16.2 Å². The molecule has 0 saturated carbocycles. The van der Waals surface area contributed by atoms with Crippen molar-refractivity contribution in [3.8, 4) is 0 Å². The van der Waals surface area contributed by atoms with Crippen LogP contribution in [0.1, 0.15) is 24.0 Å². The Morgan fingerprint density at radius 2 is 1.38 bits per heavy atom. The summed E-state index contributed by atoms with van der Waals surface area (Å²) < 4.78 is 26.8. The normalized spacial score (nSPS) is 21.0. The van der Waals surface area contributed by atoms with Crippen molar-refractivity contribution in [1.29, 1.82) is 0 Å². The topological polar surface area (TPSA) is 84.0 Å². The molecule has 4 rings (SSSR count). The zero-order valence-corrected chi connectivity index (χ0v) is 20.1. The van der Waals surface area contributed by atoms with Crippen molar-refractivity contribution < 1.29 is 22.2 Å². The van der Waals surface area contributed by atoms with E-state index in [0.29, 0.717) is 13.0 Å². The smallest absolute Gasteiger partial charge is 0.265 e. The molecule has 2 aliphatic rings. The van der Waals surface area contributed by atoms with Crippen LogP contribution in [-0.2, 0) is 23.9 Å². The van der Waals surface area contributed by atoms with Gasteiger partial charge in [0.25, 0.3) is 16.0 Å². The lowest BCUT2D eigenvalue weighted by molar-refractivity contribution is -0.122. The first-order chi connectivity index (χ1) is 15.0. The molecule has 2 saturated heterocycles. The molecule has 0 bridgehead atoms. The first-order valence-corrected chi connectivity index (χ1v) is 12.7. The van der Waals surface area contributed by atoms with Crippen LogP contribution in [0.4, 0.5) is 11.4 Å². The minimum atomic E-state index is -3.60. The Labute approximate surface area is 194 Å². The van der Waals surface area contributed by atoms with Gasteiger partial charge in [0.05, 0.1) is 11.5 Å². The molecule has 0 aliphatic carbocycles. The van der Waals surface area contributed by atoms with E-state index in [1.54, 1.807) is 4.90 Å². The van der Waals surface area contributed by atoms with Crippen molar-refractivity contribution in [1.82, 2.24) is 0 Å². The van der Waals surface area contributed by atoms with Crippen molar-refractivity contribution in [3.05, 3.63) is 59.7 Å². The van der Waals surface area contributed by atoms with Gasteiger partial charge in [0.2, 0.25) is 5.91 Å². The molecule has 9 heteroatoms. The number of amides is 2. The van der Waals surface area contributed by atoms with Gasteiger partial charge in [-0.25, -0.2) is 0 Å². The number of aryl methyl sites for hydroxylation is 2. The molecule has 0 radical (unpaired) electrons. The van der Waals surface area contributed by atoms with Crippen LogP contribution in [-0.4, -0.2) is 50.9 Å². The molecule has 0 spiro atoms. The van der Waals surface area contributed by atoms with E-state index in [2.05, 4.69) is 12.6 Å². The predicted molar refractivity (Wildman–Crippen MR) is 129 cm³/mol. The lowest BCUT2D eigenvalue weighted by Crippen LogP contribution is -2.31. The molecule has 2 aromatic rings. The quantitative estimate of drug-likeness (QED) is 0.542. The van der Waals surface area contributed by atoms with E-state index in [4.69, 9.17) is 4.18 Å². The second kappa shape index (κ2) is 10.1. The van der Waals surface area contributed by atoms with Crippen LogP contribution in [0, 0.1) is 13.8 Å². The van der Waals surface area contributed by atoms with Crippen LogP contribution in [0.5, 0.6) is 0 Å². The van der Waals surface area contributed by atoms with Gasteiger partial charge in [-0.05, 0) is 55.7 Å². The molecule has 2 atom stereocenters. The third-order valence-electron chi connectivity index (χ3n) is 5.25. The van der Waals surface area contributed by atoms with Crippen LogP contribution >= 0.6 is 12.6 Å². The van der Waals surface area contributed by atoms with Gasteiger partial charge in [-0.1, -0.05) is 24.3 Å². The van der Waals surface area contributed by atoms with Crippen molar-refractivity contribution in [2.75, 3.05) is 29.1 Å².